The predicted molar refractivity (Wildman–Crippen MR) is 79.4 cm³/mol. The van der Waals surface area contributed by atoms with Crippen LogP contribution in [0.5, 0.6) is 5.75 Å². The lowest BCUT2D eigenvalue weighted by molar-refractivity contribution is 0.311. The van der Waals surface area contributed by atoms with Crippen LogP contribution in [0.25, 0.3) is 0 Å². The molecule has 0 amide bonds. The Hall–Kier alpha value is -1.00. The van der Waals surface area contributed by atoms with Crippen LogP contribution in [0.3, 0.4) is 0 Å². The maximum absolute atomic E-state index is 5.82. The van der Waals surface area contributed by atoms with Gasteiger partial charge >= 0.3 is 0 Å². The van der Waals surface area contributed by atoms with Crippen molar-refractivity contribution in [1.82, 2.24) is 9.88 Å². The number of halogens is 1. The van der Waals surface area contributed by atoms with Crippen LogP contribution in [0.4, 0.5) is 5.82 Å². The van der Waals surface area contributed by atoms with Crippen molar-refractivity contribution >= 4 is 17.4 Å². The van der Waals surface area contributed by atoms with Crippen molar-refractivity contribution in [2.45, 2.75) is 13.3 Å². The third-order valence-electron chi connectivity index (χ3n) is 3.34. The molecule has 106 valence electrons. The molecule has 0 aromatic carbocycles. The second-order valence-electron chi connectivity index (χ2n) is 4.63. The Kier molecular flexibility index (Phi) is 5.73. The van der Waals surface area contributed by atoms with Gasteiger partial charge in [0.1, 0.15) is 0 Å². The van der Waals surface area contributed by atoms with Crippen LogP contribution in [-0.4, -0.2) is 55.1 Å². The lowest BCUT2D eigenvalue weighted by atomic mass is 10.3. The topological polar surface area (TPSA) is 28.6 Å². The molecule has 2 rings (SSSR count). The molecule has 1 aromatic heterocycles. The van der Waals surface area contributed by atoms with Gasteiger partial charge in [-0.1, -0.05) is 0 Å². The van der Waals surface area contributed by atoms with Crippen molar-refractivity contribution < 1.29 is 4.74 Å². The largest absolute Gasteiger partial charge is 0.490 e. The minimum atomic E-state index is 0.672. The second-order valence-corrected chi connectivity index (χ2v) is 5.01. The Labute approximate surface area is 120 Å². The normalized spacial score (nSPS) is 17.3. The van der Waals surface area contributed by atoms with Crippen molar-refractivity contribution in [3.63, 3.8) is 0 Å². The number of nitrogens with zero attached hydrogens (tertiary/aromatic N) is 3. The summed E-state index contributed by atoms with van der Waals surface area (Å²) in [4.78, 5) is 9.22. The summed E-state index contributed by atoms with van der Waals surface area (Å²) in [5.74, 6) is 2.56. The van der Waals surface area contributed by atoms with Crippen LogP contribution < -0.4 is 9.64 Å². The van der Waals surface area contributed by atoms with Crippen LogP contribution in [0.15, 0.2) is 18.3 Å². The molecule has 0 spiro atoms. The van der Waals surface area contributed by atoms with E-state index >= 15 is 0 Å². The molecule has 0 saturated carbocycles. The van der Waals surface area contributed by atoms with Crippen LogP contribution in [0.1, 0.15) is 13.3 Å². The first-order valence-corrected chi connectivity index (χ1v) is 7.49. The Morgan fingerprint density at radius 3 is 3.00 bits per heavy atom. The Morgan fingerprint density at radius 2 is 2.21 bits per heavy atom. The predicted octanol–water partition coefficient (Wildman–Crippen LogP) is 2.23. The Bertz CT molecular complexity index is 389. The molecule has 1 saturated heterocycles. The van der Waals surface area contributed by atoms with Gasteiger partial charge in [0.25, 0.3) is 0 Å². The first kappa shape index (κ1) is 14.4. The van der Waals surface area contributed by atoms with Gasteiger partial charge in [0.2, 0.25) is 0 Å². The fourth-order valence-electron chi connectivity index (χ4n) is 2.41. The maximum Gasteiger partial charge on any atom is 0.171 e. The van der Waals surface area contributed by atoms with Crippen molar-refractivity contribution in [3.05, 3.63) is 18.3 Å². The summed E-state index contributed by atoms with van der Waals surface area (Å²) in [6.07, 6.45) is 2.97. The van der Waals surface area contributed by atoms with E-state index in [1.165, 1.54) is 0 Å². The smallest absolute Gasteiger partial charge is 0.171 e. The Balaban J connectivity index is 2.05. The van der Waals surface area contributed by atoms with Crippen LogP contribution >= 0.6 is 11.6 Å². The van der Waals surface area contributed by atoms with Gasteiger partial charge in [-0.25, -0.2) is 4.98 Å². The number of aromatic nitrogens is 1. The molecule has 0 bridgehead atoms. The zero-order chi connectivity index (χ0) is 13.5. The number of hydrogen-bond donors (Lipinski definition) is 0. The number of alkyl halides is 1. The van der Waals surface area contributed by atoms with Crippen molar-refractivity contribution in [2.75, 3.05) is 50.1 Å². The summed E-state index contributed by atoms with van der Waals surface area (Å²) in [6.45, 7) is 7.79. The second kappa shape index (κ2) is 7.56. The molecule has 19 heavy (non-hydrogen) atoms. The summed E-state index contributed by atoms with van der Waals surface area (Å²) < 4.78 is 5.67. The van der Waals surface area contributed by atoms with Gasteiger partial charge in [0.15, 0.2) is 11.6 Å². The minimum Gasteiger partial charge on any atom is -0.490 e. The molecule has 0 atom stereocenters. The number of pyridine rings is 1. The number of rotatable bonds is 5. The maximum atomic E-state index is 5.82. The van der Waals surface area contributed by atoms with Crippen LogP contribution in [0, 0.1) is 0 Å². The summed E-state index contributed by atoms with van der Waals surface area (Å²) in [7, 11) is 0. The average Bonchev–Trinajstić information content (AvgIpc) is 2.66. The highest BCUT2D eigenvalue weighted by Gasteiger charge is 2.18. The standard InChI is InChI=1S/C14H22ClN3O/c1-2-19-13-5-3-7-16-14(13)18-9-4-8-17(10-6-15)11-12-18/h3,5,7H,2,4,6,8-12H2,1H3. The van der Waals surface area contributed by atoms with E-state index in [1.807, 2.05) is 25.3 Å². The van der Waals surface area contributed by atoms with Crippen molar-refractivity contribution in [2.24, 2.45) is 0 Å². The van der Waals surface area contributed by atoms with Crippen molar-refractivity contribution in [1.29, 1.82) is 0 Å². The first-order chi connectivity index (χ1) is 9.35. The Morgan fingerprint density at radius 1 is 1.32 bits per heavy atom. The zero-order valence-electron chi connectivity index (χ0n) is 11.5. The average molecular weight is 284 g/mol. The van der Waals surface area contributed by atoms with Gasteiger partial charge in [0.05, 0.1) is 6.61 Å². The first-order valence-electron chi connectivity index (χ1n) is 6.96. The third-order valence-corrected chi connectivity index (χ3v) is 3.51. The van der Waals surface area contributed by atoms with E-state index in [4.69, 9.17) is 16.3 Å². The zero-order valence-corrected chi connectivity index (χ0v) is 12.3. The summed E-state index contributed by atoms with van der Waals surface area (Å²) >= 11 is 5.82. The van der Waals surface area contributed by atoms with Gasteiger partial charge < -0.3 is 14.5 Å². The molecule has 0 aliphatic carbocycles. The van der Waals surface area contributed by atoms with Crippen LogP contribution in [-0.2, 0) is 0 Å². The fourth-order valence-corrected chi connectivity index (χ4v) is 2.65. The van der Waals surface area contributed by atoms with Gasteiger partial charge in [-0.2, -0.15) is 0 Å². The van der Waals surface area contributed by atoms with E-state index < -0.39 is 0 Å². The summed E-state index contributed by atoms with van der Waals surface area (Å²) in [5, 5.41) is 0. The van der Waals surface area contributed by atoms with Gasteiger partial charge in [-0.15, -0.1) is 11.6 Å². The molecule has 2 heterocycles. The van der Waals surface area contributed by atoms with E-state index in [-0.39, 0.29) is 0 Å². The molecule has 4 nitrogen and oxygen atoms in total. The molecule has 1 aliphatic rings. The van der Waals surface area contributed by atoms with E-state index in [2.05, 4.69) is 14.8 Å². The lowest BCUT2D eigenvalue weighted by Crippen LogP contribution is -2.32. The lowest BCUT2D eigenvalue weighted by Gasteiger charge is -2.24. The SMILES string of the molecule is CCOc1cccnc1N1CCCN(CCCl)CC1. The van der Waals surface area contributed by atoms with Gasteiger partial charge in [-0.3, -0.25) is 0 Å². The monoisotopic (exact) mass is 283 g/mol. The molecule has 0 radical (unpaired) electrons. The molecule has 1 fully saturated rings. The number of anilines is 1. The summed E-state index contributed by atoms with van der Waals surface area (Å²) in [5.41, 5.74) is 0. The highest BCUT2D eigenvalue weighted by molar-refractivity contribution is 6.18. The molecule has 0 N–H and O–H groups in total. The number of ether oxygens (including phenoxy) is 1. The summed E-state index contributed by atoms with van der Waals surface area (Å²) in [6, 6.07) is 3.92. The molecular formula is C14H22ClN3O. The highest BCUT2D eigenvalue weighted by Crippen LogP contribution is 2.26. The van der Waals surface area contributed by atoms with Gasteiger partial charge in [-0.05, 0) is 32.0 Å². The van der Waals surface area contributed by atoms with Gasteiger partial charge in [0, 0.05) is 38.3 Å². The molecule has 1 aromatic rings. The van der Waals surface area contributed by atoms with E-state index in [1.54, 1.807) is 0 Å². The highest BCUT2D eigenvalue weighted by atomic mass is 35.5. The minimum absolute atomic E-state index is 0.672. The quantitative estimate of drug-likeness (QED) is 0.775. The third kappa shape index (κ3) is 3.98. The molecule has 5 heteroatoms. The molecule has 0 unspecified atom stereocenters. The molecular weight excluding hydrogens is 262 g/mol. The fraction of sp³-hybridized carbons (Fsp3) is 0.643. The number of hydrogen-bond acceptors (Lipinski definition) is 4. The van der Waals surface area contributed by atoms with E-state index in [0.29, 0.717) is 12.5 Å². The van der Waals surface area contributed by atoms with Crippen LogP contribution in [0.2, 0.25) is 0 Å². The van der Waals surface area contributed by atoms with E-state index in [9.17, 15) is 0 Å². The van der Waals surface area contributed by atoms with Crippen molar-refractivity contribution in [3.8, 4) is 5.75 Å². The molecule has 1 aliphatic heterocycles. The van der Waals surface area contributed by atoms with E-state index in [0.717, 1.165) is 50.7 Å².